The van der Waals surface area contributed by atoms with Gasteiger partial charge in [-0.25, -0.2) is 0 Å². The minimum Gasteiger partial charge on any atom is -0.496 e. The van der Waals surface area contributed by atoms with Crippen molar-refractivity contribution in [3.8, 4) is 5.75 Å². The molecule has 1 aromatic carbocycles. The highest BCUT2D eigenvalue weighted by Crippen LogP contribution is 2.24. The molecule has 0 aromatic heterocycles. The summed E-state index contributed by atoms with van der Waals surface area (Å²) in [5.41, 5.74) is 1.10. The van der Waals surface area contributed by atoms with Crippen LogP contribution in [0.5, 0.6) is 5.75 Å². The molecule has 0 aliphatic heterocycles. The fourth-order valence-electron chi connectivity index (χ4n) is 1.56. The van der Waals surface area contributed by atoms with Gasteiger partial charge in [0.15, 0.2) is 0 Å². The van der Waals surface area contributed by atoms with E-state index >= 15 is 0 Å². The Morgan fingerprint density at radius 2 is 2.28 bits per heavy atom. The number of rotatable bonds is 6. The Bertz CT molecular complexity index is 407. The summed E-state index contributed by atoms with van der Waals surface area (Å²) in [4.78, 5) is 11.1. The number of benzene rings is 1. The number of carbonyl (C=O) groups is 1. The van der Waals surface area contributed by atoms with E-state index < -0.39 is 6.10 Å². The summed E-state index contributed by atoms with van der Waals surface area (Å²) < 4.78 is 6.26. The van der Waals surface area contributed by atoms with E-state index in [1.165, 1.54) is 6.92 Å². The second-order valence-corrected chi connectivity index (χ2v) is 4.94. The molecule has 1 amide bonds. The Balaban J connectivity index is 2.42. The number of aliphatic hydroxyl groups excluding tert-OH is 1. The zero-order valence-corrected chi connectivity index (χ0v) is 12.2. The van der Waals surface area contributed by atoms with Crippen molar-refractivity contribution in [3.05, 3.63) is 28.2 Å². The SMILES string of the molecule is COc1cc(Br)ccc1CCCNC(=O)[C@H](C)O. The fraction of sp³-hybridized carbons (Fsp3) is 0.462. The molecule has 0 unspecified atom stereocenters. The number of methoxy groups -OCH3 is 1. The number of carbonyl (C=O) groups excluding carboxylic acids is 1. The number of nitrogens with one attached hydrogen (secondary N) is 1. The summed E-state index contributed by atoms with van der Waals surface area (Å²) in [6, 6.07) is 5.88. The molecule has 0 spiro atoms. The third-order valence-electron chi connectivity index (χ3n) is 2.55. The quantitative estimate of drug-likeness (QED) is 0.788. The summed E-state index contributed by atoms with van der Waals surface area (Å²) in [5.74, 6) is 0.504. The van der Waals surface area contributed by atoms with Crippen LogP contribution in [0.15, 0.2) is 22.7 Å². The van der Waals surface area contributed by atoms with Crippen molar-refractivity contribution < 1.29 is 14.6 Å². The summed E-state index contributed by atoms with van der Waals surface area (Å²) in [7, 11) is 1.64. The van der Waals surface area contributed by atoms with Crippen LogP contribution >= 0.6 is 15.9 Å². The summed E-state index contributed by atoms with van der Waals surface area (Å²) >= 11 is 3.39. The van der Waals surface area contributed by atoms with Crippen LogP contribution in [0.4, 0.5) is 0 Å². The first-order chi connectivity index (χ1) is 8.54. The van der Waals surface area contributed by atoms with Gasteiger partial charge in [-0.15, -0.1) is 0 Å². The van der Waals surface area contributed by atoms with E-state index in [1.54, 1.807) is 7.11 Å². The molecule has 1 atom stereocenters. The Kier molecular flexibility index (Phi) is 6.15. The number of hydrogen-bond donors (Lipinski definition) is 2. The monoisotopic (exact) mass is 315 g/mol. The first kappa shape index (κ1) is 15.0. The zero-order chi connectivity index (χ0) is 13.5. The molecule has 18 heavy (non-hydrogen) atoms. The van der Waals surface area contributed by atoms with Crippen molar-refractivity contribution >= 4 is 21.8 Å². The lowest BCUT2D eigenvalue weighted by Gasteiger charge is -2.10. The van der Waals surface area contributed by atoms with Crippen LogP contribution < -0.4 is 10.1 Å². The molecule has 1 aromatic rings. The molecular formula is C13H18BrNO3. The van der Waals surface area contributed by atoms with Crippen molar-refractivity contribution in [2.45, 2.75) is 25.9 Å². The van der Waals surface area contributed by atoms with Gasteiger partial charge in [0, 0.05) is 11.0 Å². The topological polar surface area (TPSA) is 58.6 Å². The second kappa shape index (κ2) is 7.38. The van der Waals surface area contributed by atoms with Crippen molar-refractivity contribution in [1.82, 2.24) is 5.32 Å². The van der Waals surface area contributed by atoms with Crippen LogP contribution in [0.3, 0.4) is 0 Å². The molecule has 0 saturated carbocycles. The van der Waals surface area contributed by atoms with Gasteiger partial charge in [0.05, 0.1) is 7.11 Å². The Hall–Kier alpha value is -1.07. The lowest BCUT2D eigenvalue weighted by molar-refractivity contribution is -0.128. The van der Waals surface area contributed by atoms with Gasteiger partial charge < -0.3 is 15.2 Å². The highest BCUT2D eigenvalue weighted by molar-refractivity contribution is 9.10. The number of hydrogen-bond acceptors (Lipinski definition) is 3. The van der Waals surface area contributed by atoms with Gasteiger partial charge in [-0.1, -0.05) is 22.0 Å². The van der Waals surface area contributed by atoms with Gasteiger partial charge in [0.1, 0.15) is 11.9 Å². The molecule has 100 valence electrons. The molecule has 0 bridgehead atoms. The Labute approximate surface area is 115 Å². The van der Waals surface area contributed by atoms with Gasteiger partial charge in [-0.3, -0.25) is 4.79 Å². The molecule has 2 N–H and O–H groups in total. The summed E-state index contributed by atoms with van der Waals surface area (Å²) in [5, 5.41) is 11.7. The van der Waals surface area contributed by atoms with Crippen LogP contribution in [0.1, 0.15) is 18.9 Å². The minimum atomic E-state index is -0.952. The van der Waals surface area contributed by atoms with Gasteiger partial charge in [-0.2, -0.15) is 0 Å². The molecule has 5 heteroatoms. The van der Waals surface area contributed by atoms with Crippen LogP contribution in [0.25, 0.3) is 0 Å². The van der Waals surface area contributed by atoms with Gasteiger partial charge in [0.2, 0.25) is 5.91 Å². The van der Waals surface area contributed by atoms with Crippen LogP contribution in [0, 0.1) is 0 Å². The number of amides is 1. The maximum atomic E-state index is 11.1. The van der Waals surface area contributed by atoms with Crippen LogP contribution in [0.2, 0.25) is 0 Å². The van der Waals surface area contributed by atoms with E-state index in [-0.39, 0.29) is 5.91 Å². The summed E-state index contributed by atoms with van der Waals surface area (Å²) in [6.45, 7) is 2.00. The summed E-state index contributed by atoms with van der Waals surface area (Å²) in [6.07, 6.45) is 0.666. The number of ether oxygens (including phenoxy) is 1. The van der Waals surface area contributed by atoms with E-state index in [2.05, 4.69) is 21.2 Å². The third kappa shape index (κ3) is 4.66. The van der Waals surface area contributed by atoms with E-state index in [4.69, 9.17) is 9.84 Å². The van der Waals surface area contributed by atoms with Crippen molar-refractivity contribution in [3.63, 3.8) is 0 Å². The largest absolute Gasteiger partial charge is 0.496 e. The highest BCUT2D eigenvalue weighted by Gasteiger charge is 2.07. The predicted molar refractivity (Wildman–Crippen MR) is 73.7 cm³/mol. The molecular weight excluding hydrogens is 298 g/mol. The molecule has 0 heterocycles. The first-order valence-corrected chi connectivity index (χ1v) is 6.62. The van der Waals surface area contributed by atoms with E-state index in [0.29, 0.717) is 6.54 Å². The maximum absolute atomic E-state index is 11.1. The number of aliphatic hydroxyl groups is 1. The van der Waals surface area contributed by atoms with E-state index in [9.17, 15) is 4.79 Å². The van der Waals surface area contributed by atoms with Crippen LogP contribution in [-0.4, -0.2) is 30.8 Å². The molecule has 0 fully saturated rings. The fourth-order valence-corrected chi connectivity index (χ4v) is 1.90. The first-order valence-electron chi connectivity index (χ1n) is 5.82. The standard InChI is InChI=1S/C13H18BrNO3/c1-9(16)13(17)15-7-3-4-10-5-6-11(14)8-12(10)18-2/h5-6,8-9,16H,3-4,7H2,1-2H3,(H,15,17)/t9-/m0/s1. The molecule has 4 nitrogen and oxygen atoms in total. The molecule has 0 radical (unpaired) electrons. The van der Waals surface area contributed by atoms with Gasteiger partial charge >= 0.3 is 0 Å². The average Bonchev–Trinajstić information content (AvgIpc) is 2.35. The predicted octanol–water partition coefficient (Wildman–Crippen LogP) is 1.89. The van der Waals surface area contributed by atoms with Crippen molar-refractivity contribution in [2.24, 2.45) is 0 Å². The minimum absolute atomic E-state index is 0.335. The average molecular weight is 316 g/mol. The highest BCUT2D eigenvalue weighted by atomic mass is 79.9. The lowest BCUT2D eigenvalue weighted by Crippen LogP contribution is -2.33. The molecule has 0 aliphatic rings. The smallest absolute Gasteiger partial charge is 0.248 e. The molecule has 1 rings (SSSR count). The number of halogens is 1. The lowest BCUT2D eigenvalue weighted by atomic mass is 10.1. The second-order valence-electron chi connectivity index (χ2n) is 4.03. The Morgan fingerprint density at radius 1 is 1.56 bits per heavy atom. The molecule has 0 aliphatic carbocycles. The van der Waals surface area contributed by atoms with E-state index in [0.717, 1.165) is 28.6 Å². The van der Waals surface area contributed by atoms with E-state index in [1.807, 2.05) is 18.2 Å². The van der Waals surface area contributed by atoms with Crippen LogP contribution in [-0.2, 0) is 11.2 Å². The normalized spacial score (nSPS) is 12.0. The zero-order valence-electron chi connectivity index (χ0n) is 10.6. The van der Waals surface area contributed by atoms with Gasteiger partial charge in [0.25, 0.3) is 0 Å². The van der Waals surface area contributed by atoms with Gasteiger partial charge in [-0.05, 0) is 37.5 Å². The van der Waals surface area contributed by atoms with Crippen molar-refractivity contribution in [2.75, 3.05) is 13.7 Å². The molecule has 0 saturated heterocycles. The Morgan fingerprint density at radius 3 is 2.89 bits per heavy atom. The maximum Gasteiger partial charge on any atom is 0.248 e. The van der Waals surface area contributed by atoms with Crippen molar-refractivity contribution in [1.29, 1.82) is 0 Å². The number of aryl methyl sites for hydroxylation is 1. The third-order valence-corrected chi connectivity index (χ3v) is 3.04.